The van der Waals surface area contributed by atoms with Crippen molar-refractivity contribution in [1.82, 2.24) is 25.6 Å². The zero-order chi connectivity index (χ0) is 24.0. The molecular weight excluding hydrogens is 430 g/mol. The van der Waals surface area contributed by atoms with Crippen molar-refractivity contribution in [2.75, 3.05) is 39.3 Å². The molecule has 2 aromatic rings. The number of nitrogens with one attached hydrogen (secondary N) is 2. The topological polar surface area (TPSA) is 85.0 Å². The SMILES string of the molecule is CC1(CCc2ccccc2)NC(=O)N(NC(=O)CN2CCN(CCc3ccccc3)CC2)C1=O. The van der Waals surface area contributed by atoms with Crippen LogP contribution < -0.4 is 10.7 Å². The van der Waals surface area contributed by atoms with Crippen LogP contribution in [0.15, 0.2) is 60.7 Å². The zero-order valence-electron chi connectivity index (χ0n) is 19.7. The van der Waals surface area contributed by atoms with E-state index in [1.807, 2.05) is 36.4 Å². The third-order valence-electron chi connectivity index (χ3n) is 6.65. The van der Waals surface area contributed by atoms with Gasteiger partial charge in [0, 0.05) is 32.7 Å². The van der Waals surface area contributed by atoms with Crippen molar-refractivity contribution in [3.8, 4) is 0 Å². The number of hydrogen-bond acceptors (Lipinski definition) is 5. The molecule has 34 heavy (non-hydrogen) atoms. The Morgan fingerprint density at radius 3 is 2.06 bits per heavy atom. The monoisotopic (exact) mass is 463 g/mol. The maximum atomic E-state index is 12.9. The summed E-state index contributed by atoms with van der Waals surface area (Å²) >= 11 is 0. The second-order valence-corrected chi connectivity index (χ2v) is 9.28. The minimum Gasteiger partial charge on any atom is -0.322 e. The summed E-state index contributed by atoms with van der Waals surface area (Å²) in [6.07, 6.45) is 2.12. The molecule has 2 aliphatic heterocycles. The smallest absolute Gasteiger partial charge is 0.322 e. The first kappa shape index (κ1) is 23.9. The number of carbonyl (C=O) groups excluding carboxylic acids is 3. The molecular formula is C26H33N5O3. The number of carbonyl (C=O) groups is 3. The number of benzene rings is 2. The average molecular weight is 464 g/mol. The molecule has 0 radical (unpaired) electrons. The van der Waals surface area contributed by atoms with Crippen LogP contribution in [0.2, 0.25) is 0 Å². The van der Waals surface area contributed by atoms with E-state index in [-0.39, 0.29) is 12.5 Å². The molecule has 0 spiro atoms. The Morgan fingerprint density at radius 1 is 0.882 bits per heavy atom. The molecule has 2 fully saturated rings. The van der Waals surface area contributed by atoms with Gasteiger partial charge in [-0.15, -0.1) is 0 Å². The van der Waals surface area contributed by atoms with Gasteiger partial charge >= 0.3 is 6.03 Å². The molecule has 8 nitrogen and oxygen atoms in total. The Bertz CT molecular complexity index is 992. The van der Waals surface area contributed by atoms with Gasteiger partial charge in [-0.3, -0.25) is 19.9 Å². The number of amides is 4. The van der Waals surface area contributed by atoms with Crippen LogP contribution in [0.5, 0.6) is 0 Å². The largest absolute Gasteiger partial charge is 0.344 e. The van der Waals surface area contributed by atoms with Crippen molar-refractivity contribution in [1.29, 1.82) is 0 Å². The zero-order valence-corrected chi connectivity index (χ0v) is 19.7. The van der Waals surface area contributed by atoms with Crippen molar-refractivity contribution in [2.24, 2.45) is 0 Å². The Hall–Kier alpha value is -3.23. The molecule has 8 heteroatoms. The third-order valence-corrected chi connectivity index (χ3v) is 6.65. The molecule has 0 saturated carbocycles. The van der Waals surface area contributed by atoms with E-state index in [2.05, 4.69) is 44.8 Å². The van der Waals surface area contributed by atoms with E-state index in [9.17, 15) is 14.4 Å². The maximum Gasteiger partial charge on any atom is 0.344 e. The lowest BCUT2D eigenvalue weighted by Crippen LogP contribution is -2.54. The quantitative estimate of drug-likeness (QED) is 0.554. The number of hydrogen-bond donors (Lipinski definition) is 2. The molecule has 1 atom stereocenters. The highest BCUT2D eigenvalue weighted by molar-refractivity contribution is 6.07. The van der Waals surface area contributed by atoms with Crippen LogP contribution in [0.4, 0.5) is 4.79 Å². The van der Waals surface area contributed by atoms with E-state index >= 15 is 0 Å². The summed E-state index contributed by atoms with van der Waals surface area (Å²) in [6, 6.07) is 19.7. The first-order valence-corrected chi connectivity index (χ1v) is 11.9. The predicted octanol–water partition coefficient (Wildman–Crippen LogP) is 1.82. The number of hydrazine groups is 1. The van der Waals surface area contributed by atoms with E-state index in [1.165, 1.54) is 5.56 Å². The van der Waals surface area contributed by atoms with Crippen molar-refractivity contribution in [3.05, 3.63) is 71.8 Å². The van der Waals surface area contributed by atoms with Crippen LogP contribution in [-0.4, -0.2) is 77.5 Å². The highest BCUT2D eigenvalue weighted by Crippen LogP contribution is 2.22. The molecule has 2 aromatic carbocycles. The fourth-order valence-electron chi connectivity index (χ4n) is 4.46. The molecule has 2 heterocycles. The van der Waals surface area contributed by atoms with Gasteiger partial charge in [-0.05, 0) is 37.3 Å². The van der Waals surface area contributed by atoms with E-state index in [0.29, 0.717) is 12.8 Å². The summed E-state index contributed by atoms with van der Waals surface area (Å²) in [5.41, 5.74) is 3.90. The van der Waals surface area contributed by atoms with Gasteiger partial charge in [0.15, 0.2) is 0 Å². The van der Waals surface area contributed by atoms with Crippen LogP contribution in [0, 0.1) is 0 Å². The fourth-order valence-corrected chi connectivity index (χ4v) is 4.46. The third kappa shape index (κ3) is 6.01. The van der Waals surface area contributed by atoms with Crippen LogP contribution in [0.25, 0.3) is 0 Å². The van der Waals surface area contributed by atoms with Gasteiger partial charge in [0.25, 0.3) is 11.8 Å². The van der Waals surface area contributed by atoms with Crippen LogP contribution >= 0.6 is 0 Å². The van der Waals surface area contributed by atoms with Crippen molar-refractivity contribution >= 4 is 17.8 Å². The van der Waals surface area contributed by atoms with Gasteiger partial charge in [-0.25, -0.2) is 4.79 Å². The van der Waals surface area contributed by atoms with Gasteiger partial charge < -0.3 is 10.2 Å². The summed E-state index contributed by atoms with van der Waals surface area (Å²) in [7, 11) is 0. The van der Waals surface area contributed by atoms with E-state index in [0.717, 1.165) is 49.7 Å². The first-order valence-electron chi connectivity index (χ1n) is 11.9. The first-order chi connectivity index (χ1) is 16.4. The van der Waals surface area contributed by atoms with Crippen molar-refractivity contribution in [3.63, 3.8) is 0 Å². The number of urea groups is 1. The van der Waals surface area contributed by atoms with Gasteiger partial charge in [-0.1, -0.05) is 60.7 Å². The van der Waals surface area contributed by atoms with E-state index in [1.54, 1.807) is 6.92 Å². The number of rotatable bonds is 9. The van der Waals surface area contributed by atoms with Gasteiger partial charge in [0.2, 0.25) is 0 Å². The molecule has 4 amide bonds. The molecule has 2 N–H and O–H groups in total. The number of imide groups is 1. The molecule has 180 valence electrons. The summed E-state index contributed by atoms with van der Waals surface area (Å²) in [5, 5.41) is 3.58. The summed E-state index contributed by atoms with van der Waals surface area (Å²) in [5.74, 6) is -0.777. The molecule has 2 aliphatic rings. The van der Waals surface area contributed by atoms with E-state index in [4.69, 9.17) is 0 Å². The predicted molar refractivity (Wildman–Crippen MR) is 130 cm³/mol. The average Bonchev–Trinajstić information content (AvgIpc) is 3.07. The number of aryl methyl sites for hydroxylation is 1. The van der Waals surface area contributed by atoms with Crippen LogP contribution in [0.3, 0.4) is 0 Å². The van der Waals surface area contributed by atoms with Gasteiger partial charge in [0.05, 0.1) is 6.54 Å². The Balaban J connectivity index is 1.21. The minimum atomic E-state index is -1.04. The molecule has 4 rings (SSSR count). The van der Waals surface area contributed by atoms with Crippen LogP contribution in [0.1, 0.15) is 24.5 Å². The molecule has 2 saturated heterocycles. The Morgan fingerprint density at radius 2 is 1.44 bits per heavy atom. The highest BCUT2D eigenvalue weighted by atomic mass is 16.2. The van der Waals surface area contributed by atoms with Gasteiger partial charge in [0.1, 0.15) is 5.54 Å². The van der Waals surface area contributed by atoms with Gasteiger partial charge in [-0.2, -0.15) is 5.01 Å². The Kier molecular flexibility index (Phi) is 7.59. The number of nitrogens with zero attached hydrogens (tertiary/aromatic N) is 3. The molecule has 0 aliphatic carbocycles. The number of piperazine rings is 1. The highest BCUT2D eigenvalue weighted by Gasteiger charge is 2.48. The fraction of sp³-hybridized carbons (Fsp3) is 0.423. The second kappa shape index (κ2) is 10.8. The summed E-state index contributed by atoms with van der Waals surface area (Å²) in [6.45, 7) is 6.19. The van der Waals surface area contributed by atoms with Crippen LogP contribution in [-0.2, 0) is 22.4 Å². The lowest BCUT2D eigenvalue weighted by atomic mass is 9.93. The van der Waals surface area contributed by atoms with Crippen molar-refractivity contribution < 1.29 is 14.4 Å². The normalized spacial score (nSPS) is 21.5. The second-order valence-electron chi connectivity index (χ2n) is 9.28. The summed E-state index contributed by atoms with van der Waals surface area (Å²) < 4.78 is 0. The van der Waals surface area contributed by atoms with Crippen molar-refractivity contribution in [2.45, 2.75) is 31.7 Å². The molecule has 1 unspecified atom stereocenters. The van der Waals surface area contributed by atoms with E-state index < -0.39 is 17.5 Å². The minimum absolute atomic E-state index is 0.157. The molecule has 0 aromatic heterocycles. The summed E-state index contributed by atoms with van der Waals surface area (Å²) in [4.78, 5) is 42.4. The Labute approximate surface area is 200 Å². The molecule has 0 bridgehead atoms. The standard InChI is InChI=1S/C26H33N5O3/c1-26(14-12-21-8-4-2-5-9-21)24(33)31(25(34)27-26)28-23(32)20-30-18-16-29(17-19-30)15-13-22-10-6-3-7-11-22/h2-11H,12-20H2,1H3,(H,27,34)(H,28,32). The lowest BCUT2D eigenvalue weighted by Gasteiger charge is -2.34. The lowest BCUT2D eigenvalue weighted by molar-refractivity contribution is -0.139. The maximum absolute atomic E-state index is 12.9.